The van der Waals surface area contributed by atoms with Gasteiger partial charge in [0.1, 0.15) is 5.92 Å². The van der Waals surface area contributed by atoms with Gasteiger partial charge in [-0.2, -0.15) is 0 Å². The Kier molecular flexibility index (Phi) is 5.44. The summed E-state index contributed by atoms with van der Waals surface area (Å²) in [5.41, 5.74) is 4.18. The van der Waals surface area contributed by atoms with Crippen molar-refractivity contribution in [3.63, 3.8) is 0 Å². The summed E-state index contributed by atoms with van der Waals surface area (Å²) in [7, 11) is 1.38. The van der Waals surface area contributed by atoms with Crippen molar-refractivity contribution < 1.29 is 9.53 Å². The molecule has 6 heteroatoms. The van der Waals surface area contributed by atoms with Crippen LogP contribution in [0, 0.1) is 5.92 Å². The minimum Gasteiger partial charge on any atom is -0.468 e. The van der Waals surface area contributed by atoms with Crippen LogP contribution in [0.15, 0.2) is 53.4 Å². The van der Waals surface area contributed by atoms with Crippen molar-refractivity contribution in [1.82, 2.24) is 4.98 Å². The predicted molar refractivity (Wildman–Crippen MR) is 105 cm³/mol. The highest BCUT2D eigenvalue weighted by molar-refractivity contribution is 6.34. The second kappa shape index (κ2) is 7.60. The van der Waals surface area contributed by atoms with E-state index in [9.17, 15) is 4.79 Å². The number of ether oxygens (including phenoxy) is 1. The molecule has 0 radical (unpaired) electrons. The molecule has 0 saturated heterocycles. The third-order valence-electron chi connectivity index (χ3n) is 4.50. The van der Waals surface area contributed by atoms with E-state index in [1.165, 1.54) is 7.11 Å². The van der Waals surface area contributed by atoms with Gasteiger partial charge < -0.3 is 4.74 Å². The molecule has 1 aliphatic rings. The third kappa shape index (κ3) is 3.53. The molecule has 2 heterocycles. The number of hydrogen-bond acceptors (Lipinski definition) is 4. The molecule has 0 bridgehead atoms. The van der Waals surface area contributed by atoms with Crippen LogP contribution in [-0.2, 0) is 9.53 Å². The molecule has 1 aromatic carbocycles. The van der Waals surface area contributed by atoms with Gasteiger partial charge in [0.05, 0.1) is 7.11 Å². The first-order chi connectivity index (χ1) is 12.4. The number of methoxy groups -OCH3 is 1. The highest BCUT2D eigenvalue weighted by Crippen LogP contribution is 2.45. The first-order valence-electron chi connectivity index (χ1n) is 8.12. The molecule has 0 spiro atoms. The maximum absolute atomic E-state index is 12.6. The van der Waals surface area contributed by atoms with Gasteiger partial charge in [-0.3, -0.25) is 14.8 Å². The zero-order valence-electron chi connectivity index (χ0n) is 14.7. The molecule has 0 aliphatic carbocycles. The van der Waals surface area contributed by atoms with Gasteiger partial charge in [0.15, 0.2) is 0 Å². The summed E-state index contributed by atoms with van der Waals surface area (Å²) in [6.45, 7) is 3.77. The number of halogens is 2. The number of carbonyl (C=O) groups excluding carboxylic acids is 1. The predicted octanol–water partition coefficient (Wildman–Crippen LogP) is 5.17. The Morgan fingerprint density at radius 1 is 1.15 bits per heavy atom. The molecule has 0 saturated carbocycles. The van der Waals surface area contributed by atoms with Crippen LogP contribution in [0.3, 0.4) is 0 Å². The molecule has 134 valence electrons. The fourth-order valence-corrected chi connectivity index (χ4v) is 4.03. The van der Waals surface area contributed by atoms with Crippen molar-refractivity contribution in [1.29, 1.82) is 0 Å². The van der Waals surface area contributed by atoms with Gasteiger partial charge in [-0.05, 0) is 54.8 Å². The Balaban J connectivity index is 2.27. The van der Waals surface area contributed by atoms with Crippen LogP contribution in [0.2, 0.25) is 10.0 Å². The summed E-state index contributed by atoms with van der Waals surface area (Å²) >= 11 is 12.5. The van der Waals surface area contributed by atoms with Crippen molar-refractivity contribution in [2.45, 2.75) is 19.8 Å². The summed E-state index contributed by atoms with van der Waals surface area (Å²) in [6, 6.07) is 9.14. The number of pyridine rings is 1. The maximum atomic E-state index is 12.6. The SMILES string of the molecule is COC(=O)C1C(C)=NC(C)=C(c2cccnc2)C1c1cc(Cl)cc(Cl)c1. The lowest BCUT2D eigenvalue weighted by molar-refractivity contribution is -0.143. The second-order valence-electron chi connectivity index (χ2n) is 6.18. The Labute approximate surface area is 162 Å². The van der Waals surface area contributed by atoms with Crippen LogP contribution in [0.4, 0.5) is 0 Å². The van der Waals surface area contributed by atoms with Gasteiger partial charge in [-0.25, -0.2) is 0 Å². The van der Waals surface area contributed by atoms with Crippen LogP contribution >= 0.6 is 23.2 Å². The molecule has 4 nitrogen and oxygen atoms in total. The molecule has 3 rings (SSSR count). The van der Waals surface area contributed by atoms with Gasteiger partial charge in [0, 0.05) is 39.8 Å². The van der Waals surface area contributed by atoms with Crippen molar-refractivity contribution in [2.24, 2.45) is 10.9 Å². The number of aromatic nitrogens is 1. The summed E-state index contributed by atoms with van der Waals surface area (Å²) in [5.74, 6) is -1.23. The van der Waals surface area contributed by atoms with E-state index in [1.807, 2.05) is 38.1 Å². The second-order valence-corrected chi connectivity index (χ2v) is 7.05. The Hall–Kier alpha value is -2.17. The van der Waals surface area contributed by atoms with Gasteiger partial charge in [0.2, 0.25) is 0 Å². The smallest absolute Gasteiger partial charge is 0.315 e. The molecule has 2 unspecified atom stereocenters. The number of benzene rings is 1. The lowest BCUT2D eigenvalue weighted by Gasteiger charge is -2.32. The zero-order valence-corrected chi connectivity index (χ0v) is 16.2. The van der Waals surface area contributed by atoms with E-state index >= 15 is 0 Å². The van der Waals surface area contributed by atoms with Gasteiger partial charge in [0.25, 0.3) is 0 Å². The molecule has 0 amide bonds. The summed E-state index contributed by atoms with van der Waals surface area (Å²) in [5, 5.41) is 1.03. The van der Waals surface area contributed by atoms with Gasteiger partial charge in [-0.1, -0.05) is 29.3 Å². The average Bonchev–Trinajstić information content (AvgIpc) is 2.60. The molecule has 0 fully saturated rings. The molecule has 0 N–H and O–H groups in total. The quantitative estimate of drug-likeness (QED) is 0.681. The molecule has 26 heavy (non-hydrogen) atoms. The van der Waals surface area contributed by atoms with Crippen LogP contribution < -0.4 is 0 Å². The first-order valence-corrected chi connectivity index (χ1v) is 8.88. The largest absolute Gasteiger partial charge is 0.468 e. The highest BCUT2D eigenvalue weighted by atomic mass is 35.5. The van der Waals surface area contributed by atoms with Crippen molar-refractivity contribution in [3.8, 4) is 0 Å². The van der Waals surface area contributed by atoms with Crippen LogP contribution in [-0.4, -0.2) is 23.8 Å². The summed E-state index contributed by atoms with van der Waals surface area (Å²) in [6.07, 6.45) is 3.47. The zero-order chi connectivity index (χ0) is 18.8. The topological polar surface area (TPSA) is 51.5 Å². The fourth-order valence-electron chi connectivity index (χ4n) is 3.49. The normalized spacial score (nSPS) is 20.0. The van der Waals surface area contributed by atoms with E-state index in [0.29, 0.717) is 15.8 Å². The Morgan fingerprint density at radius 3 is 2.42 bits per heavy atom. The Morgan fingerprint density at radius 2 is 1.85 bits per heavy atom. The number of aliphatic imine (C=N–C) groups is 1. The van der Waals surface area contributed by atoms with Crippen molar-refractivity contribution in [3.05, 3.63) is 69.6 Å². The molecule has 1 aromatic heterocycles. The van der Waals surface area contributed by atoms with Gasteiger partial charge >= 0.3 is 5.97 Å². The first kappa shape index (κ1) is 18.6. The number of esters is 1. The van der Waals surface area contributed by atoms with E-state index in [1.54, 1.807) is 18.5 Å². The van der Waals surface area contributed by atoms with E-state index in [-0.39, 0.29) is 11.9 Å². The third-order valence-corrected chi connectivity index (χ3v) is 4.94. The minimum absolute atomic E-state index is 0.319. The molecular formula is C20H18Cl2N2O2. The number of hydrogen-bond donors (Lipinski definition) is 0. The summed E-state index contributed by atoms with van der Waals surface area (Å²) in [4.78, 5) is 21.4. The van der Waals surface area contributed by atoms with Gasteiger partial charge in [-0.15, -0.1) is 0 Å². The van der Waals surface area contributed by atoms with E-state index < -0.39 is 5.92 Å². The Bertz CT molecular complexity index is 887. The number of carbonyl (C=O) groups is 1. The molecule has 2 atom stereocenters. The van der Waals surface area contributed by atoms with E-state index in [0.717, 1.165) is 22.4 Å². The van der Waals surface area contributed by atoms with Crippen LogP contribution in [0.5, 0.6) is 0 Å². The highest BCUT2D eigenvalue weighted by Gasteiger charge is 2.39. The van der Waals surface area contributed by atoms with Crippen LogP contribution in [0.1, 0.15) is 30.9 Å². The molecule has 2 aromatic rings. The van der Waals surface area contributed by atoms with Crippen LogP contribution in [0.25, 0.3) is 5.57 Å². The van der Waals surface area contributed by atoms with E-state index in [4.69, 9.17) is 27.9 Å². The standard InChI is InChI=1S/C20H18Cl2N2O2/c1-11-17(13-5-4-6-23-10-13)19(14-7-15(21)9-16(22)8-14)18(12(2)24-11)20(25)26-3/h4-10,18-19H,1-3H3. The lowest BCUT2D eigenvalue weighted by Crippen LogP contribution is -2.33. The monoisotopic (exact) mass is 388 g/mol. The average molecular weight is 389 g/mol. The number of nitrogens with zero attached hydrogens (tertiary/aromatic N) is 2. The van der Waals surface area contributed by atoms with Crippen molar-refractivity contribution in [2.75, 3.05) is 7.11 Å². The number of allylic oxidation sites excluding steroid dienone is 2. The number of rotatable bonds is 3. The molecule has 1 aliphatic heterocycles. The molecular weight excluding hydrogens is 371 g/mol. The fraction of sp³-hybridized carbons (Fsp3) is 0.250. The maximum Gasteiger partial charge on any atom is 0.315 e. The summed E-state index contributed by atoms with van der Waals surface area (Å²) < 4.78 is 5.07. The van der Waals surface area contributed by atoms with Crippen molar-refractivity contribution >= 4 is 40.5 Å². The minimum atomic E-state index is -0.562. The van der Waals surface area contributed by atoms with E-state index in [2.05, 4.69) is 9.98 Å². The lowest BCUT2D eigenvalue weighted by atomic mass is 9.74.